The van der Waals surface area contributed by atoms with Crippen molar-refractivity contribution in [1.29, 1.82) is 0 Å². The molecular formula is C14H21NO. The van der Waals surface area contributed by atoms with E-state index in [1.165, 1.54) is 24.8 Å². The molecule has 16 heavy (non-hydrogen) atoms. The van der Waals surface area contributed by atoms with Crippen LogP contribution in [0.25, 0.3) is 0 Å². The molecule has 1 heterocycles. The van der Waals surface area contributed by atoms with E-state index in [2.05, 4.69) is 18.3 Å². The van der Waals surface area contributed by atoms with Crippen LogP contribution < -0.4 is 5.32 Å². The van der Waals surface area contributed by atoms with E-state index in [0.29, 0.717) is 6.04 Å². The molecule has 0 saturated heterocycles. The van der Waals surface area contributed by atoms with E-state index in [1.54, 1.807) is 6.26 Å². The molecule has 0 spiro atoms. The van der Waals surface area contributed by atoms with Crippen LogP contribution in [-0.2, 0) is 6.42 Å². The molecule has 2 aliphatic rings. The highest BCUT2D eigenvalue weighted by atomic mass is 16.3. The summed E-state index contributed by atoms with van der Waals surface area (Å²) in [5.41, 5.74) is 1.34. The lowest BCUT2D eigenvalue weighted by Gasteiger charge is -2.19. The lowest BCUT2D eigenvalue weighted by atomic mass is 9.98. The van der Waals surface area contributed by atoms with E-state index >= 15 is 0 Å². The van der Waals surface area contributed by atoms with E-state index in [4.69, 9.17) is 4.42 Å². The highest BCUT2D eigenvalue weighted by molar-refractivity contribution is 5.13. The van der Waals surface area contributed by atoms with Crippen molar-refractivity contribution in [1.82, 2.24) is 5.32 Å². The van der Waals surface area contributed by atoms with E-state index in [-0.39, 0.29) is 0 Å². The molecule has 0 aromatic carbocycles. The summed E-state index contributed by atoms with van der Waals surface area (Å²) in [7, 11) is 0. The molecule has 3 rings (SSSR count). The van der Waals surface area contributed by atoms with Crippen molar-refractivity contribution in [3.05, 3.63) is 24.2 Å². The fraction of sp³-hybridized carbons (Fsp3) is 0.714. The van der Waals surface area contributed by atoms with Gasteiger partial charge < -0.3 is 9.73 Å². The van der Waals surface area contributed by atoms with Gasteiger partial charge in [0.1, 0.15) is 0 Å². The lowest BCUT2D eigenvalue weighted by Crippen LogP contribution is -2.34. The zero-order valence-corrected chi connectivity index (χ0v) is 9.99. The summed E-state index contributed by atoms with van der Waals surface area (Å²) in [5, 5.41) is 3.67. The van der Waals surface area contributed by atoms with Crippen molar-refractivity contribution >= 4 is 0 Å². The zero-order chi connectivity index (χ0) is 11.0. The molecule has 0 aliphatic heterocycles. The Balaban J connectivity index is 1.63. The molecule has 2 heteroatoms. The Morgan fingerprint density at radius 1 is 1.44 bits per heavy atom. The first-order chi connectivity index (χ1) is 7.90. The van der Waals surface area contributed by atoms with Gasteiger partial charge in [-0.05, 0) is 55.2 Å². The molecule has 0 bridgehead atoms. The van der Waals surface area contributed by atoms with E-state index in [0.717, 1.165) is 30.7 Å². The maximum Gasteiger partial charge on any atom is 0.0935 e. The van der Waals surface area contributed by atoms with Gasteiger partial charge in [-0.25, -0.2) is 0 Å². The maximum absolute atomic E-state index is 5.16. The lowest BCUT2D eigenvalue weighted by molar-refractivity contribution is 0.409. The fourth-order valence-corrected chi connectivity index (χ4v) is 3.74. The molecule has 2 saturated carbocycles. The van der Waals surface area contributed by atoms with Crippen molar-refractivity contribution in [2.45, 2.75) is 38.6 Å². The van der Waals surface area contributed by atoms with Gasteiger partial charge in [-0.2, -0.15) is 0 Å². The average Bonchev–Trinajstić information content (AvgIpc) is 2.76. The predicted octanol–water partition coefficient (Wildman–Crippen LogP) is 2.85. The van der Waals surface area contributed by atoms with Crippen LogP contribution in [0.2, 0.25) is 0 Å². The smallest absolute Gasteiger partial charge is 0.0935 e. The second kappa shape index (κ2) is 4.25. The molecule has 0 amide bonds. The zero-order valence-electron chi connectivity index (χ0n) is 9.99. The van der Waals surface area contributed by atoms with Crippen LogP contribution in [0, 0.1) is 17.8 Å². The molecule has 3 unspecified atom stereocenters. The largest absolute Gasteiger partial charge is 0.472 e. The van der Waals surface area contributed by atoms with E-state index in [9.17, 15) is 0 Å². The third-order valence-electron chi connectivity index (χ3n) is 4.44. The molecule has 2 aliphatic carbocycles. The highest BCUT2D eigenvalue weighted by Gasteiger charge is 2.55. The van der Waals surface area contributed by atoms with Gasteiger partial charge in [-0.1, -0.05) is 13.3 Å². The predicted molar refractivity (Wildman–Crippen MR) is 64.2 cm³/mol. The standard InChI is InChI=1S/C14H21NO/c1-2-15-13(8-10-6-7-16-9-10)14-11-4-3-5-12(11)14/h6-7,9,11-15H,2-5,8H2,1H3. The Kier molecular flexibility index (Phi) is 2.76. The highest BCUT2D eigenvalue weighted by Crippen LogP contribution is 2.59. The Hall–Kier alpha value is -0.760. The summed E-state index contributed by atoms with van der Waals surface area (Å²) in [6.45, 7) is 3.29. The second-order valence-electron chi connectivity index (χ2n) is 5.34. The quantitative estimate of drug-likeness (QED) is 0.823. The summed E-state index contributed by atoms with van der Waals surface area (Å²) in [6.07, 6.45) is 9.23. The first kappa shape index (κ1) is 10.4. The Morgan fingerprint density at radius 2 is 2.25 bits per heavy atom. The summed E-state index contributed by atoms with van der Waals surface area (Å²) < 4.78 is 5.16. The molecular weight excluding hydrogens is 198 g/mol. The minimum absolute atomic E-state index is 0.679. The SMILES string of the molecule is CCNC(Cc1ccoc1)C1C2CCCC21. The van der Waals surface area contributed by atoms with Gasteiger partial charge in [0.15, 0.2) is 0 Å². The molecule has 0 radical (unpaired) electrons. The molecule has 2 nitrogen and oxygen atoms in total. The van der Waals surface area contributed by atoms with Gasteiger partial charge >= 0.3 is 0 Å². The number of rotatable bonds is 5. The second-order valence-corrected chi connectivity index (χ2v) is 5.34. The molecule has 1 aromatic rings. The van der Waals surface area contributed by atoms with Crippen LogP contribution in [0.1, 0.15) is 31.7 Å². The summed E-state index contributed by atoms with van der Waals surface area (Å²) in [5.74, 6) is 3.02. The Bertz CT molecular complexity index is 323. The Labute approximate surface area is 97.4 Å². The van der Waals surface area contributed by atoms with Crippen molar-refractivity contribution in [3.63, 3.8) is 0 Å². The number of furan rings is 1. The van der Waals surface area contributed by atoms with Crippen molar-refractivity contribution in [3.8, 4) is 0 Å². The summed E-state index contributed by atoms with van der Waals surface area (Å²) in [6, 6.07) is 2.78. The van der Waals surface area contributed by atoms with Gasteiger partial charge in [-0.15, -0.1) is 0 Å². The van der Waals surface area contributed by atoms with E-state index < -0.39 is 0 Å². The Morgan fingerprint density at radius 3 is 2.88 bits per heavy atom. The average molecular weight is 219 g/mol. The summed E-state index contributed by atoms with van der Waals surface area (Å²) >= 11 is 0. The fourth-order valence-electron chi connectivity index (χ4n) is 3.74. The molecule has 3 atom stereocenters. The van der Waals surface area contributed by atoms with E-state index in [1.807, 2.05) is 6.26 Å². The van der Waals surface area contributed by atoms with Crippen molar-refractivity contribution < 1.29 is 4.42 Å². The first-order valence-electron chi connectivity index (χ1n) is 6.64. The molecule has 1 N–H and O–H groups in total. The van der Waals surface area contributed by atoms with Crippen LogP contribution in [-0.4, -0.2) is 12.6 Å². The molecule has 2 fully saturated rings. The number of likely N-dealkylation sites (N-methyl/N-ethyl adjacent to an activating group) is 1. The third-order valence-corrected chi connectivity index (χ3v) is 4.44. The first-order valence-corrected chi connectivity index (χ1v) is 6.64. The van der Waals surface area contributed by atoms with Crippen molar-refractivity contribution in [2.24, 2.45) is 17.8 Å². The number of hydrogen-bond acceptors (Lipinski definition) is 2. The van der Waals surface area contributed by atoms with Crippen LogP contribution in [0.4, 0.5) is 0 Å². The number of fused-ring (bicyclic) bond motifs is 1. The van der Waals surface area contributed by atoms with Gasteiger partial charge in [0.05, 0.1) is 12.5 Å². The maximum atomic E-state index is 5.16. The molecule has 1 aromatic heterocycles. The van der Waals surface area contributed by atoms with Crippen LogP contribution >= 0.6 is 0 Å². The van der Waals surface area contributed by atoms with Crippen LogP contribution in [0.15, 0.2) is 23.0 Å². The minimum Gasteiger partial charge on any atom is -0.472 e. The van der Waals surface area contributed by atoms with Gasteiger partial charge in [0.25, 0.3) is 0 Å². The number of hydrogen-bond donors (Lipinski definition) is 1. The molecule has 88 valence electrons. The van der Waals surface area contributed by atoms with Crippen LogP contribution in [0.5, 0.6) is 0 Å². The minimum atomic E-state index is 0.679. The van der Waals surface area contributed by atoms with Gasteiger partial charge in [0.2, 0.25) is 0 Å². The van der Waals surface area contributed by atoms with Crippen LogP contribution in [0.3, 0.4) is 0 Å². The van der Waals surface area contributed by atoms with Gasteiger partial charge in [0, 0.05) is 6.04 Å². The topological polar surface area (TPSA) is 25.2 Å². The number of nitrogens with one attached hydrogen (secondary N) is 1. The normalized spacial score (nSPS) is 33.7. The summed E-state index contributed by atoms with van der Waals surface area (Å²) in [4.78, 5) is 0. The van der Waals surface area contributed by atoms with Gasteiger partial charge in [-0.3, -0.25) is 0 Å². The third kappa shape index (κ3) is 1.80. The van der Waals surface area contributed by atoms with Crippen molar-refractivity contribution in [2.75, 3.05) is 6.54 Å². The monoisotopic (exact) mass is 219 g/mol.